The van der Waals surface area contributed by atoms with Crippen molar-refractivity contribution in [2.24, 2.45) is 0 Å². The number of nitrogens with zero attached hydrogens (tertiary/aromatic N) is 1. The van der Waals surface area contributed by atoms with Gasteiger partial charge in [-0.05, 0) is 48.5 Å². The van der Waals surface area contributed by atoms with Crippen molar-refractivity contribution in [3.05, 3.63) is 106 Å². The Labute approximate surface area is 205 Å². The lowest BCUT2D eigenvalue weighted by atomic mass is 10.2. The molecule has 4 aromatic rings. The number of halogens is 1. The van der Waals surface area contributed by atoms with E-state index in [0.717, 1.165) is 0 Å². The van der Waals surface area contributed by atoms with Gasteiger partial charge in [-0.25, -0.2) is 0 Å². The Balaban J connectivity index is 1.46. The summed E-state index contributed by atoms with van der Waals surface area (Å²) in [7, 11) is 1.54. The number of para-hydroxylation sites is 1. The summed E-state index contributed by atoms with van der Waals surface area (Å²) in [6, 6.07) is 20.7. The van der Waals surface area contributed by atoms with E-state index >= 15 is 0 Å². The summed E-state index contributed by atoms with van der Waals surface area (Å²) in [5, 5.41) is 14.4. The van der Waals surface area contributed by atoms with Gasteiger partial charge in [0.2, 0.25) is 0 Å². The number of furan rings is 1. The topological polar surface area (TPSA) is 113 Å². The van der Waals surface area contributed by atoms with Crippen molar-refractivity contribution in [1.82, 2.24) is 0 Å². The van der Waals surface area contributed by atoms with Crippen LogP contribution in [0.15, 0.2) is 83.3 Å². The van der Waals surface area contributed by atoms with Crippen LogP contribution in [0.3, 0.4) is 0 Å². The number of carbonyl (C=O) groups is 1. The standard InChI is InChI=1S/C25H19ClN2O7/c1-32-18-6-8-19(9-7-18)34-21-13-16(12-17(14-21)28(30)31)27-25(29)24-11-10-20(35-24)15-33-23-5-3-2-4-22(23)26/h2-14H,15H2,1H3,(H,27,29). The summed E-state index contributed by atoms with van der Waals surface area (Å²) in [4.78, 5) is 23.5. The van der Waals surface area contributed by atoms with Crippen molar-refractivity contribution in [3.8, 4) is 23.0 Å². The molecule has 0 unspecified atom stereocenters. The van der Waals surface area contributed by atoms with E-state index in [2.05, 4.69) is 5.32 Å². The molecule has 0 saturated heterocycles. The maximum absolute atomic E-state index is 12.7. The number of nitrogens with one attached hydrogen (secondary N) is 1. The number of nitro benzene ring substituents is 1. The molecule has 1 aromatic heterocycles. The molecule has 178 valence electrons. The zero-order valence-electron chi connectivity index (χ0n) is 18.4. The van der Waals surface area contributed by atoms with Crippen molar-refractivity contribution < 1.29 is 28.3 Å². The summed E-state index contributed by atoms with van der Waals surface area (Å²) in [6.45, 7) is 0.0632. The number of amides is 1. The average Bonchev–Trinajstić information content (AvgIpc) is 3.33. The van der Waals surface area contributed by atoms with Gasteiger partial charge in [0.05, 0.1) is 28.8 Å². The Morgan fingerprint density at radius 1 is 1.00 bits per heavy atom. The largest absolute Gasteiger partial charge is 0.497 e. The Morgan fingerprint density at radius 3 is 2.46 bits per heavy atom. The van der Waals surface area contributed by atoms with Gasteiger partial charge >= 0.3 is 0 Å². The molecule has 10 heteroatoms. The Kier molecular flexibility index (Phi) is 7.18. The highest BCUT2D eigenvalue weighted by Gasteiger charge is 2.16. The average molecular weight is 495 g/mol. The first-order chi connectivity index (χ1) is 16.9. The first-order valence-electron chi connectivity index (χ1n) is 10.3. The maximum Gasteiger partial charge on any atom is 0.291 e. The molecule has 1 amide bonds. The van der Waals surface area contributed by atoms with Crippen LogP contribution in [0.5, 0.6) is 23.0 Å². The first kappa shape index (κ1) is 23.7. The molecule has 1 N–H and O–H groups in total. The van der Waals surface area contributed by atoms with Crippen molar-refractivity contribution in [2.45, 2.75) is 6.61 Å². The zero-order valence-corrected chi connectivity index (χ0v) is 19.2. The molecule has 35 heavy (non-hydrogen) atoms. The van der Waals surface area contributed by atoms with Gasteiger partial charge in [-0.15, -0.1) is 0 Å². The fourth-order valence-corrected chi connectivity index (χ4v) is 3.27. The van der Waals surface area contributed by atoms with Crippen LogP contribution in [0.25, 0.3) is 0 Å². The number of hydrogen-bond acceptors (Lipinski definition) is 7. The van der Waals surface area contributed by atoms with Crippen LogP contribution in [-0.4, -0.2) is 17.9 Å². The number of nitro groups is 1. The lowest BCUT2D eigenvalue weighted by molar-refractivity contribution is -0.384. The van der Waals surface area contributed by atoms with E-state index in [9.17, 15) is 14.9 Å². The second kappa shape index (κ2) is 10.6. The predicted octanol–water partition coefficient (Wildman–Crippen LogP) is 6.47. The van der Waals surface area contributed by atoms with Gasteiger partial charge in [-0.1, -0.05) is 23.7 Å². The van der Waals surface area contributed by atoms with Crippen LogP contribution >= 0.6 is 11.6 Å². The van der Waals surface area contributed by atoms with E-state index < -0.39 is 10.8 Å². The third-order valence-electron chi connectivity index (χ3n) is 4.75. The molecule has 0 radical (unpaired) electrons. The highest BCUT2D eigenvalue weighted by atomic mass is 35.5. The van der Waals surface area contributed by atoms with Crippen LogP contribution in [-0.2, 0) is 6.61 Å². The van der Waals surface area contributed by atoms with Crippen molar-refractivity contribution in [2.75, 3.05) is 12.4 Å². The Hall–Kier alpha value is -4.50. The summed E-state index contributed by atoms with van der Waals surface area (Å²) in [6.07, 6.45) is 0. The number of carbonyl (C=O) groups excluding carboxylic acids is 1. The number of ether oxygens (including phenoxy) is 3. The minimum Gasteiger partial charge on any atom is -0.497 e. The van der Waals surface area contributed by atoms with Crippen LogP contribution in [0, 0.1) is 10.1 Å². The summed E-state index contributed by atoms with van der Waals surface area (Å²) < 4.78 is 22.0. The number of rotatable bonds is 9. The molecule has 0 spiro atoms. The van der Waals surface area contributed by atoms with E-state index in [1.165, 1.54) is 24.3 Å². The van der Waals surface area contributed by atoms with Crippen LogP contribution in [0.2, 0.25) is 5.02 Å². The molecule has 4 rings (SSSR count). The van der Waals surface area contributed by atoms with Gasteiger partial charge in [-0.3, -0.25) is 14.9 Å². The predicted molar refractivity (Wildman–Crippen MR) is 129 cm³/mol. The molecule has 3 aromatic carbocycles. The van der Waals surface area contributed by atoms with Gasteiger partial charge in [0, 0.05) is 12.1 Å². The van der Waals surface area contributed by atoms with Crippen molar-refractivity contribution in [1.29, 1.82) is 0 Å². The fraction of sp³-hybridized carbons (Fsp3) is 0.0800. The number of non-ortho nitro benzene ring substituents is 1. The van der Waals surface area contributed by atoms with Gasteiger partial charge in [-0.2, -0.15) is 0 Å². The highest BCUT2D eigenvalue weighted by molar-refractivity contribution is 6.32. The van der Waals surface area contributed by atoms with Crippen LogP contribution < -0.4 is 19.5 Å². The number of anilines is 1. The first-order valence-corrected chi connectivity index (χ1v) is 10.7. The second-order valence-electron chi connectivity index (χ2n) is 7.19. The van der Waals surface area contributed by atoms with Gasteiger partial charge in [0.25, 0.3) is 11.6 Å². The molecule has 0 fully saturated rings. The third-order valence-corrected chi connectivity index (χ3v) is 5.06. The fourth-order valence-electron chi connectivity index (χ4n) is 3.08. The van der Waals surface area contributed by atoms with Crippen molar-refractivity contribution in [3.63, 3.8) is 0 Å². The lowest BCUT2D eigenvalue weighted by Gasteiger charge is -2.09. The molecule has 1 heterocycles. The van der Waals surface area contributed by atoms with Crippen molar-refractivity contribution >= 4 is 28.9 Å². The summed E-state index contributed by atoms with van der Waals surface area (Å²) in [5.41, 5.74) is -0.0856. The minimum atomic E-state index is -0.593. The quantitative estimate of drug-likeness (QED) is 0.209. The monoisotopic (exact) mass is 494 g/mol. The molecule has 0 aliphatic heterocycles. The van der Waals surface area contributed by atoms with E-state index in [-0.39, 0.29) is 29.5 Å². The molecule has 0 aliphatic rings. The normalized spacial score (nSPS) is 10.5. The third kappa shape index (κ3) is 6.10. The molecular formula is C25H19ClN2O7. The van der Waals surface area contributed by atoms with Gasteiger partial charge in [0.1, 0.15) is 35.4 Å². The highest BCUT2D eigenvalue weighted by Crippen LogP contribution is 2.31. The van der Waals surface area contributed by atoms with Crippen LogP contribution in [0.4, 0.5) is 11.4 Å². The SMILES string of the molecule is COc1ccc(Oc2cc(NC(=O)c3ccc(COc4ccccc4Cl)o3)cc([N+](=O)[O-])c2)cc1. The molecule has 9 nitrogen and oxygen atoms in total. The van der Waals surface area contributed by atoms with E-state index in [1.807, 2.05) is 0 Å². The Bertz CT molecular complexity index is 1350. The number of methoxy groups -OCH3 is 1. The van der Waals surface area contributed by atoms with E-state index in [1.54, 1.807) is 61.7 Å². The Morgan fingerprint density at radius 2 is 1.74 bits per heavy atom. The second-order valence-corrected chi connectivity index (χ2v) is 7.60. The van der Waals surface area contributed by atoms with Gasteiger partial charge in [0.15, 0.2) is 5.76 Å². The molecular weight excluding hydrogens is 476 g/mol. The smallest absolute Gasteiger partial charge is 0.291 e. The number of hydrogen-bond donors (Lipinski definition) is 1. The van der Waals surface area contributed by atoms with E-state index in [0.29, 0.717) is 28.0 Å². The van der Waals surface area contributed by atoms with E-state index in [4.69, 9.17) is 30.2 Å². The number of benzene rings is 3. The summed E-state index contributed by atoms with van der Waals surface area (Å²) >= 11 is 6.07. The summed E-state index contributed by atoms with van der Waals surface area (Å²) in [5.74, 6) is 1.55. The molecule has 0 bridgehead atoms. The molecule has 0 saturated carbocycles. The minimum absolute atomic E-state index is 0.00638. The van der Waals surface area contributed by atoms with Gasteiger partial charge < -0.3 is 23.9 Å². The lowest BCUT2D eigenvalue weighted by Crippen LogP contribution is -2.11. The van der Waals surface area contributed by atoms with Crippen LogP contribution in [0.1, 0.15) is 16.3 Å². The zero-order chi connectivity index (χ0) is 24.8. The maximum atomic E-state index is 12.7. The molecule has 0 aliphatic carbocycles. The molecule has 0 atom stereocenters.